The second kappa shape index (κ2) is 4.69. The Bertz CT molecular complexity index is 517. The maximum atomic E-state index is 11.7. The van der Waals surface area contributed by atoms with Crippen molar-refractivity contribution in [2.24, 2.45) is 7.05 Å². The van der Waals surface area contributed by atoms with Gasteiger partial charge in [-0.05, 0) is 24.3 Å². The normalized spacial score (nSPS) is 10.2. The Hall–Kier alpha value is -2.30. The number of carbonyl (C=O) groups excluding carboxylic acids is 1. The Kier molecular flexibility index (Phi) is 3.09. The first kappa shape index (κ1) is 11.2. The molecule has 0 aliphatic heterocycles. The fraction of sp³-hybridized carbons (Fsp3) is 0.167. The molecule has 5 heteroatoms. The van der Waals surface area contributed by atoms with Crippen LogP contribution in [0.1, 0.15) is 10.6 Å². The van der Waals surface area contributed by atoms with Crippen LogP contribution in [0.2, 0.25) is 0 Å². The smallest absolute Gasteiger partial charge is 0.235 e. The van der Waals surface area contributed by atoms with Crippen molar-refractivity contribution in [2.45, 2.75) is 0 Å². The van der Waals surface area contributed by atoms with E-state index in [0.29, 0.717) is 17.3 Å². The fourth-order valence-corrected chi connectivity index (χ4v) is 1.41. The Balaban J connectivity index is 1.97. The number of hydrogen-bond donors (Lipinski definition) is 1. The highest BCUT2D eigenvalue weighted by Crippen LogP contribution is 2.13. The third-order valence-electron chi connectivity index (χ3n) is 2.32. The monoisotopic (exact) mass is 231 g/mol. The molecule has 5 nitrogen and oxygen atoms in total. The van der Waals surface area contributed by atoms with Crippen LogP contribution in [0.5, 0.6) is 5.75 Å². The van der Waals surface area contributed by atoms with Gasteiger partial charge in [0.15, 0.2) is 12.4 Å². The second-order valence-corrected chi connectivity index (χ2v) is 3.64. The molecule has 2 N–H and O–H groups in total. The molecule has 0 unspecified atom stereocenters. The molecule has 2 aromatic rings. The Morgan fingerprint density at radius 3 is 2.71 bits per heavy atom. The third kappa shape index (κ3) is 2.63. The summed E-state index contributed by atoms with van der Waals surface area (Å²) in [5, 5.41) is 0. The maximum Gasteiger partial charge on any atom is 0.235 e. The van der Waals surface area contributed by atoms with E-state index in [-0.39, 0.29) is 12.4 Å². The molecule has 0 saturated carbocycles. The highest BCUT2D eigenvalue weighted by Gasteiger charge is 2.11. The van der Waals surface area contributed by atoms with Crippen LogP contribution >= 0.6 is 0 Å². The molecule has 0 atom stereocenters. The van der Waals surface area contributed by atoms with Crippen molar-refractivity contribution in [1.82, 2.24) is 9.55 Å². The topological polar surface area (TPSA) is 70.1 Å². The molecular formula is C12H13N3O2. The molecule has 1 aromatic heterocycles. The second-order valence-electron chi connectivity index (χ2n) is 3.64. The van der Waals surface area contributed by atoms with E-state index in [1.165, 1.54) is 0 Å². The molecule has 1 aromatic carbocycles. The number of Topliss-reactive ketones (excluding diaryl/α,β-unsaturated/α-hetero) is 1. The molecule has 0 spiro atoms. The summed E-state index contributed by atoms with van der Waals surface area (Å²) in [5.41, 5.74) is 6.20. The van der Waals surface area contributed by atoms with Crippen molar-refractivity contribution in [2.75, 3.05) is 12.3 Å². The minimum Gasteiger partial charge on any atom is -0.485 e. The molecule has 88 valence electrons. The number of rotatable bonds is 4. The highest BCUT2D eigenvalue weighted by molar-refractivity contribution is 5.94. The van der Waals surface area contributed by atoms with E-state index in [4.69, 9.17) is 10.5 Å². The summed E-state index contributed by atoms with van der Waals surface area (Å²) < 4.78 is 7.00. The van der Waals surface area contributed by atoms with Gasteiger partial charge in [0.05, 0.1) is 0 Å². The summed E-state index contributed by atoms with van der Waals surface area (Å²) in [5.74, 6) is 0.844. The van der Waals surface area contributed by atoms with Crippen LogP contribution in [-0.2, 0) is 7.05 Å². The predicted octanol–water partition coefficient (Wildman–Crippen LogP) is 1.26. The average Bonchev–Trinajstić information content (AvgIpc) is 2.74. The molecule has 2 rings (SSSR count). The Labute approximate surface area is 98.8 Å². The standard InChI is InChI=1S/C12H13N3O2/c1-15-7-6-14-12(15)11(16)8-17-10-4-2-9(13)3-5-10/h2-7H,8,13H2,1H3. The van der Waals surface area contributed by atoms with Crippen LogP contribution < -0.4 is 10.5 Å². The predicted molar refractivity (Wildman–Crippen MR) is 63.9 cm³/mol. The van der Waals surface area contributed by atoms with Crippen molar-refractivity contribution in [1.29, 1.82) is 0 Å². The summed E-state index contributed by atoms with van der Waals surface area (Å²) in [6.45, 7) is -0.0330. The molecular weight excluding hydrogens is 218 g/mol. The molecule has 0 bridgehead atoms. The van der Waals surface area contributed by atoms with Gasteiger partial charge in [0.1, 0.15) is 5.75 Å². The largest absolute Gasteiger partial charge is 0.485 e. The summed E-state index contributed by atoms with van der Waals surface area (Å²) in [7, 11) is 1.77. The lowest BCUT2D eigenvalue weighted by atomic mass is 10.3. The van der Waals surface area contributed by atoms with E-state index in [9.17, 15) is 4.79 Å². The lowest BCUT2D eigenvalue weighted by Crippen LogP contribution is -2.15. The van der Waals surface area contributed by atoms with Gasteiger partial charge in [0.2, 0.25) is 5.78 Å². The number of carbonyl (C=O) groups is 1. The number of hydrogen-bond acceptors (Lipinski definition) is 4. The number of benzene rings is 1. The molecule has 17 heavy (non-hydrogen) atoms. The third-order valence-corrected chi connectivity index (χ3v) is 2.32. The number of nitrogens with two attached hydrogens (primary N) is 1. The first-order chi connectivity index (χ1) is 8.16. The van der Waals surface area contributed by atoms with Crippen LogP contribution in [-0.4, -0.2) is 21.9 Å². The fourth-order valence-electron chi connectivity index (χ4n) is 1.41. The molecule has 1 heterocycles. The van der Waals surface area contributed by atoms with Gasteiger partial charge in [-0.25, -0.2) is 4.98 Å². The van der Waals surface area contributed by atoms with Gasteiger partial charge < -0.3 is 15.0 Å². The quantitative estimate of drug-likeness (QED) is 0.635. The van der Waals surface area contributed by atoms with Crippen LogP contribution in [0.15, 0.2) is 36.7 Å². The molecule has 0 amide bonds. The average molecular weight is 231 g/mol. The number of ketones is 1. The van der Waals surface area contributed by atoms with Gasteiger partial charge in [-0.15, -0.1) is 0 Å². The summed E-state index contributed by atoms with van der Waals surface area (Å²) in [6.07, 6.45) is 3.30. The molecule has 0 fully saturated rings. The number of nitrogen functional groups attached to an aromatic ring is 1. The number of anilines is 1. The zero-order chi connectivity index (χ0) is 12.3. The zero-order valence-corrected chi connectivity index (χ0v) is 9.46. The zero-order valence-electron chi connectivity index (χ0n) is 9.46. The molecule has 0 radical (unpaired) electrons. The summed E-state index contributed by atoms with van der Waals surface area (Å²) in [6, 6.07) is 6.89. The van der Waals surface area contributed by atoms with E-state index in [1.807, 2.05) is 0 Å². The van der Waals surface area contributed by atoms with Crippen LogP contribution in [0.25, 0.3) is 0 Å². The Morgan fingerprint density at radius 1 is 1.41 bits per heavy atom. The van der Waals surface area contributed by atoms with Gasteiger partial charge >= 0.3 is 0 Å². The van der Waals surface area contributed by atoms with Gasteiger partial charge in [0.25, 0.3) is 0 Å². The van der Waals surface area contributed by atoms with E-state index < -0.39 is 0 Å². The SMILES string of the molecule is Cn1ccnc1C(=O)COc1ccc(N)cc1. The van der Waals surface area contributed by atoms with Crippen molar-refractivity contribution in [3.05, 3.63) is 42.5 Å². The van der Waals surface area contributed by atoms with Crippen LogP contribution in [0.3, 0.4) is 0 Å². The van der Waals surface area contributed by atoms with Crippen molar-refractivity contribution >= 4 is 11.5 Å². The lowest BCUT2D eigenvalue weighted by molar-refractivity contribution is 0.0908. The first-order valence-corrected chi connectivity index (χ1v) is 5.15. The van der Waals surface area contributed by atoms with E-state index in [2.05, 4.69) is 4.98 Å². The molecule has 0 aliphatic rings. The van der Waals surface area contributed by atoms with Crippen molar-refractivity contribution in [3.63, 3.8) is 0 Å². The number of aryl methyl sites for hydroxylation is 1. The summed E-state index contributed by atoms with van der Waals surface area (Å²) in [4.78, 5) is 15.7. The lowest BCUT2D eigenvalue weighted by Gasteiger charge is -2.05. The minimum absolute atomic E-state index is 0.0330. The number of nitrogens with zero attached hydrogens (tertiary/aromatic N) is 2. The van der Waals surface area contributed by atoms with Crippen molar-refractivity contribution < 1.29 is 9.53 Å². The van der Waals surface area contributed by atoms with Gasteiger partial charge in [-0.1, -0.05) is 0 Å². The van der Waals surface area contributed by atoms with Crippen LogP contribution in [0.4, 0.5) is 5.69 Å². The molecule has 0 aliphatic carbocycles. The number of imidazole rings is 1. The summed E-state index contributed by atoms with van der Waals surface area (Å²) >= 11 is 0. The van der Waals surface area contributed by atoms with E-state index in [1.54, 1.807) is 48.3 Å². The van der Waals surface area contributed by atoms with Gasteiger partial charge in [-0.3, -0.25) is 4.79 Å². The number of ether oxygens (including phenoxy) is 1. The molecule has 0 saturated heterocycles. The highest BCUT2D eigenvalue weighted by atomic mass is 16.5. The van der Waals surface area contributed by atoms with E-state index in [0.717, 1.165) is 0 Å². The number of aromatic nitrogens is 2. The minimum atomic E-state index is -0.158. The maximum absolute atomic E-state index is 11.7. The van der Waals surface area contributed by atoms with Gasteiger partial charge in [-0.2, -0.15) is 0 Å². The Morgan fingerprint density at radius 2 is 2.12 bits per heavy atom. The van der Waals surface area contributed by atoms with E-state index >= 15 is 0 Å². The van der Waals surface area contributed by atoms with Gasteiger partial charge in [0, 0.05) is 25.1 Å². The van der Waals surface area contributed by atoms with Crippen LogP contribution in [0, 0.1) is 0 Å². The van der Waals surface area contributed by atoms with Crippen molar-refractivity contribution in [3.8, 4) is 5.75 Å². The first-order valence-electron chi connectivity index (χ1n) is 5.15.